The lowest BCUT2D eigenvalue weighted by molar-refractivity contribution is -0.907. The summed E-state index contributed by atoms with van der Waals surface area (Å²) in [4.78, 5) is 14.6. The van der Waals surface area contributed by atoms with Gasteiger partial charge in [-0.3, -0.25) is 4.90 Å². The zero-order chi connectivity index (χ0) is 15.2. The van der Waals surface area contributed by atoms with Gasteiger partial charge in [-0.2, -0.15) is 0 Å². The van der Waals surface area contributed by atoms with E-state index in [0.29, 0.717) is 32.8 Å². The van der Waals surface area contributed by atoms with Gasteiger partial charge in [0.1, 0.15) is 12.6 Å². The molecule has 0 aromatic carbocycles. The number of amides is 1. The van der Waals surface area contributed by atoms with E-state index in [-0.39, 0.29) is 11.7 Å². The minimum Gasteiger partial charge on any atom is -0.450 e. The maximum Gasteiger partial charge on any atom is 0.410 e. The van der Waals surface area contributed by atoms with E-state index in [9.17, 15) is 9.90 Å². The lowest BCUT2D eigenvalue weighted by Gasteiger charge is -2.32. The number of nitrogens with one attached hydrogen (secondary N) is 1. The van der Waals surface area contributed by atoms with Crippen LogP contribution in [0, 0.1) is 0 Å². The van der Waals surface area contributed by atoms with Crippen LogP contribution in [-0.4, -0.2) is 73.7 Å². The first-order valence-electron chi connectivity index (χ1n) is 7.39. The Hall–Kier alpha value is -0.850. The number of hydrogen-bond acceptors (Lipinski definition) is 4. The number of piperazine rings is 1. The maximum atomic E-state index is 11.6. The molecule has 1 aliphatic heterocycles. The molecular weight excluding hydrogens is 260 g/mol. The van der Waals surface area contributed by atoms with Crippen molar-refractivity contribution in [1.29, 1.82) is 0 Å². The van der Waals surface area contributed by atoms with Crippen LogP contribution in [0.3, 0.4) is 0 Å². The minimum atomic E-state index is -0.460. The van der Waals surface area contributed by atoms with Crippen molar-refractivity contribution < 1.29 is 24.3 Å². The van der Waals surface area contributed by atoms with Crippen LogP contribution in [0.4, 0.5) is 4.79 Å². The monoisotopic (exact) mass is 289 g/mol. The van der Waals surface area contributed by atoms with Gasteiger partial charge in [0.25, 0.3) is 0 Å². The van der Waals surface area contributed by atoms with Gasteiger partial charge in [0.05, 0.1) is 45.0 Å². The third kappa shape index (κ3) is 6.54. The quantitative estimate of drug-likeness (QED) is 0.717. The molecule has 1 rings (SSSR count). The first-order valence-corrected chi connectivity index (χ1v) is 7.39. The van der Waals surface area contributed by atoms with E-state index >= 15 is 0 Å². The molecule has 1 amide bonds. The summed E-state index contributed by atoms with van der Waals surface area (Å²) in [6, 6.07) is 0. The van der Waals surface area contributed by atoms with Crippen LogP contribution in [0.2, 0.25) is 0 Å². The smallest absolute Gasteiger partial charge is 0.410 e. The van der Waals surface area contributed by atoms with E-state index in [1.807, 2.05) is 27.7 Å². The summed E-state index contributed by atoms with van der Waals surface area (Å²) in [6.07, 6.45) is -0.693. The Kier molecular flexibility index (Phi) is 6.71. The summed E-state index contributed by atoms with van der Waals surface area (Å²) in [5.74, 6) is 0. The summed E-state index contributed by atoms with van der Waals surface area (Å²) >= 11 is 0. The van der Waals surface area contributed by atoms with Crippen LogP contribution < -0.4 is 4.90 Å². The number of carbonyl (C=O) groups is 1. The molecule has 1 atom stereocenters. The predicted octanol–water partition coefficient (Wildman–Crippen LogP) is -0.481. The van der Waals surface area contributed by atoms with Crippen LogP contribution in [0.5, 0.6) is 0 Å². The number of rotatable bonds is 5. The second kappa shape index (κ2) is 7.81. The van der Waals surface area contributed by atoms with Crippen molar-refractivity contribution >= 4 is 6.09 Å². The zero-order valence-electron chi connectivity index (χ0n) is 13.1. The first-order chi connectivity index (χ1) is 9.31. The fraction of sp³-hybridized carbons (Fsp3) is 0.929. The van der Waals surface area contributed by atoms with Crippen molar-refractivity contribution in [2.45, 2.75) is 39.4 Å². The van der Waals surface area contributed by atoms with E-state index in [4.69, 9.17) is 9.47 Å². The normalized spacial score (nSPS) is 18.9. The van der Waals surface area contributed by atoms with E-state index in [1.165, 1.54) is 4.90 Å². The van der Waals surface area contributed by atoms with Crippen molar-refractivity contribution in [3.63, 3.8) is 0 Å². The number of hydrogen-bond donors (Lipinski definition) is 2. The highest BCUT2D eigenvalue weighted by molar-refractivity contribution is 5.67. The number of aliphatic hydroxyl groups excluding tert-OH is 1. The molecule has 1 aliphatic rings. The van der Waals surface area contributed by atoms with Crippen molar-refractivity contribution in [2.75, 3.05) is 45.9 Å². The standard InChI is InChI=1S/C14H28N2O4/c1-5-19-13(18)16-8-6-15(7-9-16)10-12(17)11-20-14(2,3)4/h12,17H,5-11H2,1-4H3/p+1/t12-/m1/s1. The lowest BCUT2D eigenvalue weighted by atomic mass is 10.2. The van der Waals surface area contributed by atoms with Crippen molar-refractivity contribution in [3.05, 3.63) is 0 Å². The first kappa shape index (κ1) is 17.2. The highest BCUT2D eigenvalue weighted by atomic mass is 16.6. The number of aliphatic hydroxyl groups is 1. The van der Waals surface area contributed by atoms with Gasteiger partial charge in [-0.15, -0.1) is 0 Å². The van der Waals surface area contributed by atoms with Crippen LogP contribution in [0.15, 0.2) is 0 Å². The third-order valence-corrected chi connectivity index (χ3v) is 3.23. The molecule has 20 heavy (non-hydrogen) atoms. The maximum absolute atomic E-state index is 11.6. The molecule has 1 fully saturated rings. The second-order valence-corrected chi connectivity index (χ2v) is 6.22. The van der Waals surface area contributed by atoms with Crippen LogP contribution in [0.1, 0.15) is 27.7 Å². The molecule has 1 saturated heterocycles. The molecule has 1 heterocycles. The van der Waals surface area contributed by atoms with E-state index in [1.54, 1.807) is 4.90 Å². The molecule has 0 aromatic rings. The minimum absolute atomic E-state index is 0.223. The molecular formula is C14H29N2O4+. The SMILES string of the molecule is CCOC(=O)N1CC[NH+](C[C@@H](O)COC(C)(C)C)CC1. The van der Waals surface area contributed by atoms with Gasteiger partial charge in [0, 0.05) is 0 Å². The Labute approximate surface area is 121 Å². The number of quaternary nitrogens is 1. The Morgan fingerprint density at radius 3 is 2.45 bits per heavy atom. The third-order valence-electron chi connectivity index (χ3n) is 3.23. The van der Waals surface area contributed by atoms with Crippen LogP contribution >= 0.6 is 0 Å². The molecule has 0 saturated carbocycles. The Morgan fingerprint density at radius 2 is 1.95 bits per heavy atom. The van der Waals surface area contributed by atoms with Crippen LogP contribution in [0.25, 0.3) is 0 Å². The van der Waals surface area contributed by atoms with Gasteiger partial charge in [-0.05, 0) is 27.7 Å². The summed E-state index contributed by atoms with van der Waals surface area (Å²) in [5, 5.41) is 9.97. The Bertz CT molecular complexity index is 296. The second-order valence-electron chi connectivity index (χ2n) is 6.22. The van der Waals surface area contributed by atoms with E-state index in [0.717, 1.165) is 13.1 Å². The van der Waals surface area contributed by atoms with Gasteiger partial charge >= 0.3 is 6.09 Å². The van der Waals surface area contributed by atoms with Gasteiger partial charge in [-0.1, -0.05) is 0 Å². The molecule has 6 nitrogen and oxygen atoms in total. The molecule has 0 spiro atoms. The predicted molar refractivity (Wildman–Crippen MR) is 75.9 cm³/mol. The van der Waals surface area contributed by atoms with E-state index in [2.05, 4.69) is 0 Å². The zero-order valence-corrected chi connectivity index (χ0v) is 13.1. The van der Waals surface area contributed by atoms with Gasteiger partial charge in [0.15, 0.2) is 0 Å². The van der Waals surface area contributed by atoms with Crippen LogP contribution in [-0.2, 0) is 9.47 Å². The topological polar surface area (TPSA) is 63.4 Å². The molecule has 0 bridgehead atoms. The summed E-state index contributed by atoms with van der Waals surface area (Å²) in [6.45, 7) is 12.2. The van der Waals surface area contributed by atoms with Gasteiger partial charge in [0.2, 0.25) is 0 Å². The lowest BCUT2D eigenvalue weighted by Crippen LogP contribution is -3.15. The highest BCUT2D eigenvalue weighted by Gasteiger charge is 2.26. The number of ether oxygens (including phenoxy) is 2. The van der Waals surface area contributed by atoms with E-state index < -0.39 is 6.10 Å². The fourth-order valence-electron chi connectivity index (χ4n) is 2.16. The van der Waals surface area contributed by atoms with Crippen molar-refractivity contribution in [3.8, 4) is 0 Å². The largest absolute Gasteiger partial charge is 0.450 e. The summed E-state index contributed by atoms with van der Waals surface area (Å²) in [5.41, 5.74) is -0.223. The average Bonchev–Trinajstić information content (AvgIpc) is 2.37. The number of carbonyl (C=O) groups excluding carboxylic acids is 1. The molecule has 0 aliphatic carbocycles. The molecule has 0 aromatic heterocycles. The molecule has 118 valence electrons. The molecule has 0 radical (unpaired) electrons. The Balaban J connectivity index is 2.23. The average molecular weight is 289 g/mol. The Morgan fingerprint density at radius 1 is 1.35 bits per heavy atom. The molecule has 6 heteroatoms. The summed E-state index contributed by atoms with van der Waals surface area (Å²) in [7, 11) is 0. The van der Waals surface area contributed by atoms with Crippen molar-refractivity contribution in [2.24, 2.45) is 0 Å². The molecule has 0 unspecified atom stereocenters. The fourth-order valence-corrected chi connectivity index (χ4v) is 2.16. The van der Waals surface area contributed by atoms with Gasteiger partial charge in [-0.25, -0.2) is 4.79 Å². The van der Waals surface area contributed by atoms with Crippen molar-refractivity contribution in [1.82, 2.24) is 4.90 Å². The molecule has 2 N–H and O–H groups in total. The van der Waals surface area contributed by atoms with Gasteiger partial charge < -0.3 is 19.5 Å². The number of nitrogens with zero attached hydrogens (tertiary/aromatic N) is 1. The highest BCUT2D eigenvalue weighted by Crippen LogP contribution is 2.06. The summed E-state index contributed by atoms with van der Waals surface area (Å²) < 4.78 is 10.6.